The molecule has 2 aromatic carbocycles. The number of nitrogens with zero attached hydrogens (tertiary/aromatic N) is 2. The van der Waals surface area contributed by atoms with Crippen LogP contribution in [0.15, 0.2) is 54.6 Å². The monoisotopic (exact) mass is 336 g/mol. The van der Waals surface area contributed by atoms with Gasteiger partial charge >= 0.3 is 0 Å². The molecule has 0 spiro atoms. The minimum Gasteiger partial charge on any atom is -0.506 e. The number of hydrogen-bond donors (Lipinski definition) is 1. The summed E-state index contributed by atoms with van der Waals surface area (Å²) >= 11 is 1.56. The Morgan fingerprint density at radius 1 is 1.12 bits per heavy atom. The number of aromatic nitrogens is 1. The van der Waals surface area contributed by atoms with Crippen molar-refractivity contribution in [3.8, 4) is 5.75 Å². The highest BCUT2D eigenvalue weighted by atomic mass is 32.2. The molecule has 0 radical (unpaired) electrons. The number of rotatable bonds is 2. The lowest BCUT2D eigenvalue weighted by atomic mass is 10.1. The van der Waals surface area contributed by atoms with Crippen LogP contribution in [0.4, 0.5) is 5.69 Å². The highest BCUT2D eigenvalue weighted by Crippen LogP contribution is 2.41. The maximum absolute atomic E-state index is 12.4. The molecule has 0 aliphatic carbocycles. The van der Waals surface area contributed by atoms with Crippen molar-refractivity contribution < 1.29 is 9.90 Å². The summed E-state index contributed by atoms with van der Waals surface area (Å²) in [4.78, 5) is 18.8. The lowest BCUT2D eigenvalue weighted by molar-refractivity contribution is -0.115. The third-order valence-corrected chi connectivity index (χ3v) is 5.34. The zero-order chi connectivity index (χ0) is 16.7. The largest absolute Gasteiger partial charge is 0.506 e. The van der Waals surface area contributed by atoms with Gasteiger partial charge in [0.15, 0.2) is 0 Å². The molecule has 1 aliphatic rings. The highest BCUT2D eigenvalue weighted by Gasteiger charge is 2.35. The van der Waals surface area contributed by atoms with E-state index in [0.717, 1.165) is 22.3 Å². The topological polar surface area (TPSA) is 53.4 Å². The maximum atomic E-state index is 12.4. The second-order valence-corrected chi connectivity index (χ2v) is 6.92. The van der Waals surface area contributed by atoms with Gasteiger partial charge in [0.05, 0.1) is 11.4 Å². The van der Waals surface area contributed by atoms with E-state index < -0.39 is 0 Å². The number of phenols is 1. The Kier molecular flexibility index (Phi) is 3.65. The summed E-state index contributed by atoms with van der Waals surface area (Å²) in [6.45, 7) is 2.02. The van der Waals surface area contributed by atoms with Crippen LogP contribution >= 0.6 is 11.8 Å². The molecule has 0 bridgehead atoms. The van der Waals surface area contributed by atoms with Gasteiger partial charge in [0.1, 0.15) is 16.6 Å². The molecule has 1 aliphatic heterocycles. The lowest BCUT2D eigenvalue weighted by Gasteiger charge is -2.24. The van der Waals surface area contributed by atoms with Crippen LogP contribution in [0.25, 0.3) is 10.9 Å². The summed E-state index contributed by atoms with van der Waals surface area (Å²) in [5, 5.41) is 10.8. The second kappa shape index (κ2) is 5.83. The minimum atomic E-state index is -0.177. The fourth-order valence-electron chi connectivity index (χ4n) is 2.91. The van der Waals surface area contributed by atoms with Crippen LogP contribution < -0.4 is 4.90 Å². The van der Waals surface area contributed by atoms with Gasteiger partial charge in [0.25, 0.3) is 0 Å². The number of fused-ring (bicyclic) bond motifs is 1. The van der Waals surface area contributed by atoms with Gasteiger partial charge in [-0.2, -0.15) is 0 Å². The average Bonchev–Trinajstić information content (AvgIpc) is 2.97. The van der Waals surface area contributed by atoms with Gasteiger partial charge < -0.3 is 5.11 Å². The molecule has 2 heterocycles. The quantitative estimate of drug-likeness (QED) is 0.768. The Bertz CT molecular complexity index is 924. The van der Waals surface area contributed by atoms with Crippen LogP contribution in [-0.2, 0) is 4.79 Å². The molecule has 1 atom stereocenters. The van der Waals surface area contributed by atoms with Crippen LogP contribution in [-0.4, -0.2) is 21.8 Å². The zero-order valence-corrected chi connectivity index (χ0v) is 14.0. The zero-order valence-electron chi connectivity index (χ0n) is 13.1. The molecule has 1 amide bonds. The van der Waals surface area contributed by atoms with E-state index in [1.807, 2.05) is 49.4 Å². The first kappa shape index (κ1) is 15.0. The Morgan fingerprint density at radius 2 is 1.92 bits per heavy atom. The number of aromatic hydroxyl groups is 1. The van der Waals surface area contributed by atoms with E-state index >= 15 is 0 Å². The molecule has 24 heavy (non-hydrogen) atoms. The molecule has 1 N–H and O–H groups in total. The second-order valence-electron chi connectivity index (χ2n) is 5.85. The van der Waals surface area contributed by atoms with Crippen LogP contribution in [0.3, 0.4) is 0 Å². The molecule has 4 nitrogen and oxygen atoms in total. The number of pyridine rings is 1. The predicted octanol–water partition coefficient (Wildman–Crippen LogP) is 4.03. The van der Waals surface area contributed by atoms with E-state index in [9.17, 15) is 9.90 Å². The van der Waals surface area contributed by atoms with E-state index in [1.165, 1.54) is 0 Å². The Morgan fingerprint density at radius 3 is 2.71 bits per heavy atom. The van der Waals surface area contributed by atoms with E-state index in [4.69, 9.17) is 0 Å². The Hall–Kier alpha value is -2.53. The van der Waals surface area contributed by atoms with Crippen molar-refractivity contribution in [2.45, 2.75) is 12.3 Å². The van der Waals surface area contributed by atoms with Gasteiger partial charge in [-0.25, -0.2) is 4.98 Å². The molecule has 0 saturated carbocycles. The van der Waals surface area contributed by atoms with E-state index in [-0.39, 0.29) is 17.0 Å². The molecule has 1 aromatic heterocycles. The number of phenolic OH excluding ortho intramolecular Hbond substituents is 1. The predicted molar refractivity (Wildman–Crippen MR) is 97.3 cm³/mol. The summed E-state index contributed by atoms with van der Waals surface area (Å²) in [6, 6.07) is 17.1. The third kappa shape index (κ3) is 2.51. The normalized spacial score (nSPS) is 17.6. The molecule has 1 fully saturated rings. The van der Waals surface area contributed by atoms with Gasteiger partial charge in [0, 0.05) is 11.1 Å². The first-order valence-electron chi connectivity index (χ1n) is 7.72. The standard InChI is InChI=1S/C19H16N2O2S/c1-12-5-8-14(9-6-12)21-17(23)11-24-19(21)15-10-7-13-3-2-4-16(22)18(13)20-15/h2-10,19,22H,11H2,1H3. The number of benzene rings is 2. The van der Waals surface area contributed by atoms with Crippen LogP contribution in [0.1, 0.15) is 16.6 Å². The number of carbonyl (C=O) groups is 1. The number of carbonyl (C=O) groups excluding carboxylic acids is 1. The van der Waals surface area contributed by atoms with Crippen molar-refractivity contribution in [1.82, 2.24) is 4.98 Å². The first-order valence-corrected chi connectivity index (χ1v) is 8.77. The van der Waals surface area contributed by atoms with Gasteiger partial charge in [-0.3, -0.25) is 9.69 Å². The van der Waals surface area contributed by atoms with Crippen LogP contribution in [0, 0.1) is 6.92 Å². The molecular weight excluding hydrogens is 320 g/mol. The minimum absolute atomic E-state index is 0.0769. The van der Waals surface area contributed by atoms with Crippen molar-refractivity contribution in [3.05, 3.63) is 65.9 Å². The summed E-state index contributed by atoms with van der Waals surface area (Å²) < 4.78 is 0. The van der Waals surface area contributed by atoms with Gasteiger partial charge in [-0.15, -0.1) is 11.8 Å². The van der Waals surface area contributed by atoms with E-state index in [2.05, 4.69) is 4.98 Å². The lowest BCUT2D eigenvalue weighted by Crippen LogP contribution is -2.28. The molecule has 4 rings (SSSR count). The van der Waals surface area contributed by atoms with Gasteiger partial charge in [0.2, 0.25) is 5.91 Å². The number of thioether (sulfide) groups is 1. The fraction of sp³-hybridized carbons (Fsp3) is 0.158. The van der Waals surface area contributed by atoms with Crippen molar-refractivity contribution in [1.29, 1.82) is 0 Å². The van der Waals surface area contributed by atoms with Gasteiger partial charge in [-0.05, 0) is 31.2 Å². The maximum Gasteiger partial charge on any atom is 0.238 e. The fourth-order valence-corrected chi connectivity index (χ4v) is 4.04. The van der Waals surface area contributed by atoms with E-state index in [0.29, 0.717) is 11.3 Å². The van der Waals surface area contributed by atoms with Crippen LogP contribution in [0.2, 0.25) is 0 Å². The number of aryl methyl sites for hydroxylation is 1. The highest BCUT2D eigenvalue weighted by molar-refractivity contribution is 8.00. The number of hydrogen-bond acceptors (Lipinski definition) is 4. The first-order chi connectivity index (χ1) is 11.6. The summed E-state index contributed by atoms with van der Waals surface area (Å²) in [5.41, 5.74) is 3.38. The number of para-hydroxylation sites is 1. The molecule has 1 unspecified atom stereocenters. The van der Waals surface area contributed by atoms with Crippen molar-refractivity contribution >= 4 is 34.3 Å². The summed E-state index contributed by atoms with van der Waals surface area (Å²) in [6.07, 6.45) is 0. The molecular formula is C19H16N2O2S. The molecule has 5 heteroatoms. The van der Waals surface area contributed by atoms with Crippen molar-refractivity contribution in [2.75, 3.05) is 10.7 Å². The van der Waals surface area contributed by atoms with Gasteiger partial charge in [-0.1, -0.05) is 35.9 Å². The number of anilines is 1. The smallest absolute Gasteiger partial charge is 0.238 e. The van der Waals surface area contributed by atoms with E-state index in [1.54, 1.807) is 28.8 Å². The molecule has 3 aromatic rings. The van der Waals surface area contributed by atoms with Crippen molar-refractivity contribution in [2.24, 2.45) is 0 Å². The SMILES string of the molecule is Cc1ccc(N2C(=O)CSC2c2ccc3cccc(O)c3n2)cc1. The molecule has 1 saturated heterocycles. The Labute approximate surface area is 144 Å². The van der Waals surface area contributed by atoms with Crippen LogP contribution in [0.5, 0.6) is 5.75 Å². The number of amides is 1. The summed E-state index contributed by atoms with van der Waals surface area (Å²) in [5.74, 6) is 0.664. The van der Waals surface area contributed by atoms with Crippen molar-refractivity contribution in [3.63, 3.8) is 0 Å². The Balaban J connectivity index is 1.78. The average molecular weight is 336 g/mol. The third-order valence-electron chi connectivity index (χ3n) is 4.15. The summed E-state index contributed by atoms with van der Waals surface area (Å²) in [7, 11) is 0. The molecule has 120 valence electrons.